The molecule has 0 saturated carbocycles. The van der Waals surface area contributed by atoms with Crippen LogP contribution in [-0.4, -0.2) is 16.0 Å². The summed E-state index contributed by atoms with van der Waals surface area (Å²) in [5.41, 5.74) is 0.518. The number of halogens is 4. The number of carbonyl (C=O) groups excluding carboxylic acids is 1. The van der Waals surface area contributed by atoms with E-state index in [4.69, 9.17) is 16.0 Å². The van der Waals surface area contributed by atoms with Crippen molar-refractivity contribution in [1.29, 1.82) is 0 Å². The second kappa shape index (κ2) is 8.99. The lowest BCUT2D eigenvalue weighted by atomic mass is 10.1. The summed E-state index contributed by atoms with van der Waals surface area (Å²) in [7, 11) is 0. The molecule has 0 aliphatic carbocycles. The largest absolute Gasteiger partial charge is 0.508 e. The van der Waals surface area contributed by atoms with Gasteiger partial charge in [0.25, 0.3) is 0 Å². The highest BCUT2D eigenvalue weighted by Crippen LogP contribution is 2.37. The topological polar surface area (TPSA) is 75.4 Å². The molecule has 4 rings (SSSR count). The molecular formula is C24H16ClF3N2O3. The van der Waals surface area contributed by atoms with Crippen LogP contribution in [0.5, 0.6) is 5.75 Å². The summed E-state index contributed by atoms with van der Waals surface area (Å²) >= 11 is 6.31. The first kappa shape index (κ1) is 22.4. The molecule has 9 heteroatoms. The zero-order chi connectivity index (χ0) is 23.6. The van der Waals surface area contributed by atoms with Gasteiger partial charge >= 0.3 is 6.18 Å². The Kier molecular flexibility index (Phi) is 6.11. The molecule has 0 atom stereocenters. The Morgan fingerprint density at radius 3 is 2.39 bits per heavy atom. The first-order chi connectivity index (χ1) is 15.7. The molecule has 5 nitrogen and oxygen atoms in total. The van der Waals surface area contributed by atoms with Gasteiger partial charge in [0.15, 0.2) is 0 Å². The van der Waals surface area contributed by atoms with Gasteiger partial charge in [-0.15, -0.1) is 0 Å². The maximum absolute atomic E-state index is 12.8. The number of alkyl halides is 3. The summed E-state index contributed by atoms with van der Waals surface area (Å²) in [5.74, 6) is -0.973. The second-order valence-corrected chi connectivity index (χ2v) is 7.52. The Labute approximate surface area is 191 Å². The van der Waals surface area contributed by atoms with Gasteiger partial charge in [-0.2, -0.15) is 13.2 Å². The molecule has 1 amide bonds. The molecule has 33 heavy (non-hydrogen) atoms. The fraction of sp³-hybridized carbons (Fsp3) is 0.0833. The number of amides is 1. The lowest BCUT2D eigenvalue weighted by Gasteiger charge is -2.10. The Morgan fingerprint density at radius 2 is 1.73 bits per heavy atom. The van der Waals surface area contributed by atoms with Gasteiger partial charge in [0, 0.05) is 16.7 Å². The van der Waals surface area contributed by atoms with Crippen LogP contribution in [0.2, 0.25) is 5.02 Å². The van der Waals surface area contributed by atoms with Gasteiger partial charge in [-0.25, -0.2) is 4.98 Å². The van der Waals surface area contributed by atoms with Crippen molar-refractivity contribution in [2.45, 2.75) is 12.6 Å². The second-order valence-electron chi connectivity index (χ2n) is 7.11. The summed E-state index contributed by atoms with van der Waals surface area (Å²) in [6, 6.07) is 18.3. The van der Waals surface area contributed by atoms with Gasteiger partial charge in [0.1, 0.15) is 11.4 Å². The van der Waals surface area contributed by atoms with Crippen LogP contribution < -0.4 is 5.32 Å². The number of rotatable bonds is 5. The highest BCUT2D eigenvalue weighted by atomic mass is 35.5. The molecule has 4 aromatic rings. The normalized spacial score (nSPS) is 11.4. The number of phenols is 1. The van der Waals surface area contributed by atoms with Gasteiger partial charge in [-0.05, 0) is 30.3 Å². The minimum Gasteiger partial charge on any atom is -0.508 e. The van der Waals surface area contributed by atoms with Crippen LogP contribution >= 0.6 is 11.6 Å². The monoisotopic (exact) mass is 472 g/mol. The van der Waals surface area contributed by atoms with Crippen molar-refractivity contribution in [3.63, 3.8) is 0 Å². The standard InChI is InChI=1S/C24H16ClF3N2O3/c25-18-9-5-4-8-17(18)21-23(33-22(30-21)14-6-2-1-3-7-14)29-20(32)12-15-10-11-16(13-19(15)31)24(26,27)28/h1-11,13,31H,12H2,(H,29,32). The maximum atomic E-state index is 12.8. The molecule has 0 radical (unpaired) electrons. The lowest BCUT2D eigenvalue weighted by molar-refractivity contribution is -0.137. The summed E-state index contributed by atoms with van der Waals surface area (Å²) in [6.07, 6.45) is -4.98. The van der Waals surface area contributed by atoms with Crippen molar-refractivity contribution in [3.05, 3.63) is 88.9 Å². The molecule has 1 aromatic heterocycles. The number of benzene rings is 3. The Bertz CT molecular complexity index is 1300. The Morgan fingerprint density at radius 1 is 1.03 bits per heavy atom. The minimum atomic E-state index is -4.60. The number of nitrogens with zero attached hydrogens (tertiary/aromatic N) is 1. The predicted molar refractivity (Wildman–Crippen MR) is 118 cm³/mol. The van der Waals surface area contributed by atoms with Gasteiger partial charge in [0.2, 0.25) is 17.7 Å². The smallest absolute Gasteiger partial charge is 0.416 e. The van der Waals surface area contributed by atoms with Crippen LogP contribution in [0, 0.1) is 0 Å². The molecule has 2 N–H and O–H groups in total. The van der Waals surface area contributed by atoms with Gasteiger partial charge in [0.05, 0.1) is 17.0 Å². The molecule has 0 saturated heterocycles. The minimum absolute atomic E-state index is 0.0263. The van der Waals surface area contributed by atoms with E-state index in [1.165, 1.54) is 0 Å². The highest BCUT2D eigenvalue weighted by molar-refractivity contribution is 6.33. The maximum Gasteiger partial charge on any atom is 0.416 e. The molecular weight excluding hydrogens is 457 g/mol. The van der Waals surface area contributed by atoms with Crippen molar-refractivity contribution in [2.75, 3.05) is 5.32 Å². The fourth-order valence-corrected chi connectivity index (χ4v) is 3.40. The molecule has 0 unspecified atom stereocenters. The number of carbonyl (C=O) groups is 1. The van der Waals surface area contributed by atoms with Crippen LogP contribution in [0.3, 0.4) is 0 Å². The summed E-state index contributed by atoms with van der Waals surface area (Å²) in [5, 5.41) is 12.9. The van der Waals surface area contributed by atoms with E-state index in [9.17, 15) is 23.1 Å². The van der Waals surface area contributed by atoms with E-state index in [0.717, 1.165) is 12.1 Å². The number of hydrogen-bond acceptors (Lipinski definition) is 4. The first-order valence-corrected chi connectivity index (χ1v) is 10.1. The van der Waals surface area contributed by atoms with Crippen LogP contribution in [0.25, 0.3) is 22.7 Å². The van der Waals surface area contributed by atoms with E-state index in [1.54, 1.807) is 48.5 Å². The molecule has 3 aromatic carbocycles. The number of aromatic hydroxyl groups is 1. The lowest BCUT2D eigenvalue weighted by Crippen LogP contribution is -2.15. The molecule has 0 aliphatic rings. The van der Waals surface area contributed by atoms with E-state index in [-0.39, 0.29) is 23.8 Å². The summed E-state index contributed by atoms with van der Waals surface area (Å²) < 4.78 is 44.2. The van der Waals surface area contributed by atoms with E-state index in [0.29, 0.717) is 27.9 Å². The number of aromatic nitrogens is 1. The van der Waals surface area contributed by atoms with Crippen molar-refractivity contribution < 1.29 is 27.5 Å². The highest BCUT2D eigenvalue weighted by Gasteiger charge is 2.31. The van der Waals surface area contributed by atoms with Crippen molar-refractivity contribution in [1.82, 2.24) is 4.98 Å². The number of phenolic OH excluding ortho intramolecular Hbond substituents is 1. The fourth-order valence-electron chi connectivity index (χ4n) is 3.18. The third-order valence-corrected chi connectivity index (χ3v) is 5.12. The zero-order valence-corrected chi connectivity index (χ0v) is 17.6. The Balaban J connectivity index is 1.64. The van der Waals surface area contributed by atoms with Crippen LogP contribution in [0.1, 0.15) is 11.1 Å². The zero-order valence-electron chi connectivity index (χ0n) is 16.9. The third-order valence-electron chi connectivity index (χ3n) is 4.79. The van der Waals surface area contributed by atoms with Crippen molar-refractivity contribution >= 4 is 23.4 Å². The molecule has 0 spiro atoms. The number of anilines is 1. The third kappa shape index (κ3) is 5.01. The van der Waals surface area contributed by atoms with Crippen LogP contribution in [0.15, 0.2) is 77.2 Å². The molecule has 0 fully saturated rings. The van der Waals surface area contributed by atoms with Crippen LogP contribution in [0.4, 0.5) is 19.1 Å². The quantitative estimate of drug-likeness (QED) is 0.344. The summed E-state index contributed by atoms with van der Waals surface area (Å²) in [6.45, 7) is 0. The predicted octanol–water partition coefficient (Wildman–Crippen LogP) is 6.57. The average Bonchev–Trinajstić information content (AvgIpc) is 3.18. The molecule has 1 heterocycles. The average molecular weight is 473 g/mol. The number of hydrogen-bond donors (Lipinski definition) is 2. The van der Waals surface area contributed by atoms with E-state index >= 15 is 0 Å². The summed E-state index contributed by atoms with van der Waals surface area (Å²) in [4.78, 5) is 17.2. The van der Waals surface area contributed by atoms with Crippen molar-refractivity contribution in [3.8, 4) is 28.5 Å². The number of oxazole rings is 1. The molecule has 0 bridgehead atoms. The van der Waals surface area contributed by atoms with E-state index < -0.39 is 23.4 Å². The first-order valence-electron chi connectivity index (χ1n) is 9.72. The van der Waals surface area contributed by atoms with Crippen LogP contribution in [-0.2, 0) is 17.4 Å². The Hall–Kier alpha value is -3.78. The molecule has 168 valence electrons. The van der Waals surface area contributed by atoms with E-state index in [1.807, 2.05) is 6.07 Å². The van der Waals surface area contributed by atoms with E-state index in [2.05, 4.69) is 10.3 Å². The van der Waals surface area contributed by atoms with Gasteiger partial charge in [-0.3, -0.25) is 10.1 Å². The molecule has 0 aliphatic heterocycles. The SMILES string of the molecule is O=C(Cc1ccc(C(F)(F)F)cc1O)Nc1oc(-c2ccccc2)nc1-c1ccccc1Cl. The number of nitrogens with one attached hydrogen (secondary N) is 1. The van der Waals surface area contributed by atoms with Gasteiger partial charge in [-0.1, -0.05) is 54.1 Å². The van der Waals surface area contributed by atoms with Crippen molar-refractivity contribution in [2.24, 2.45) is 0 Å². The van der Waals surface area contributed by atoms with Gasteiger partial charge < -0.3 is 9.52 Å².